The van der Waals surface area contributed by atoms with Crippen molar-refractivity contribution in [3.05, 3.63) is 47.7 Å². The van der Waals surface area contributed by atoms with Crippen LogP contribution >= 0.6 is 0 Å². The number of hydrogen-bond acceptors (Lipinski definition) is 3. The molecule has 18 heavy (non-hydrogen) atoms. The minimum Gasteiger partial charge on any atom is -0.460 e. The van der Waals surface area contributed by atoms with E-state index in [4.69, 9.17) is 9.15 Å². The third-order valence-corrected chi connectivity index (χ3v) is 2.76. The van der Waals surface area contributed by atoms with E-state index in [2.05, 4.69) is 36.5 Å². The molecule has 1 heterocycles. The van der Waals surface area contributed by atoms with E-state index < -0.39 is 0 Å². The van der Waals surface area contributed by atoms with Gasteiger partial charge in [0, 0.05) is 12.7 Å². The van der Waals surface area contributed by atoms with Crippen molar-refractivity contribution in [2.45, 2.75) is 20.1 Å². The summed E-state index contributed by atoms with van der Waals surface area (Å²) in [6, 6.07) is 12.3. The highest BCUT2D eigenvalue weighted by Crippen LogP contribution is 2.22. The molecule has 0 saturated heterocycles. The van der Waals surface area contributed by atoms with Crippen LogP contribution in [0, 0.1) is 0 Å². The number of ether oxygens (including phenoxy) is 1. The Balaban J connectivity index is 2.08. The molecule has 3 heteroatoms. The van der Waals surface area contributed by atoms with Gasteiger partial charge in [0.1, 0.15) is 11.5 Å². The molecular weight excluding hydrogens is 226 g/mol. The second-order valence-electron chi connectivity index (χ2n) is 4.18. The lowest BCUT2D eigenvalue weighted by Crippen LogP contribution is -2.10. The maximum absolute atomic E-state index is 5.78. The van der Waals surface area contributed by atoms with E-state index >= 15 is 0 Å². The number of rotatable bonds is 6. The zero-order chi connectivity index (χ0) is 12.8. The van der Waals surface area contributed by atoms with Crippen LogP contribution in [0.4, 0.5) is 0 Å². The normalized spacial score (nSPS) is 10.8. The van der Waals surface area contributed by atoms with E-state index in [-0.39, 0.29) is 0 Å². The maximum atomic E-state index is 5.78. The van der Waals surface area contributed by atoms with Crippen molar-refractivity contribution >= 4 is 0 Å². The number of furan rings is 1. The van der Waals surface area contributed by atoms with Crippen LogP contribution in [-0.4, -0.2) is 13.7 Å². The minimum absolute atomic E-state index is 0.643. The van der Waals surface area contributed by atoms with Crippen molar-refractivity contribution in [1.29, 1.82) is 0 Å². The van der Waals surface area contributed by atoms with E-state index in [0.29, 0.717) is 6.61 Å². The molecule has 2 rings (SSSR count). The van der Waals surface area contributed by atoms with Crippen molar-refractivity contribution in [2.75, 3.05) is 13.7 Å². The largest absolute Gasteiger partial charge is 0.460 e. The molecule has 0 unspecified atom stereocenters. The van der Waals surface area contributed by atoms with Crippen LogP contribution in [0.2, 0.25) is 0 Å². The van der Waals surface area contributed by atoms with Gasteiger partial charge < -0.3 is 14.5 Å². The standard InChI is InChI=1S/C15H19NO2/c1-3-16-10-14-8-9-15(18-14)13-6-4-12(5-7-13)11-17-2/h4-9,16H,3,10-11H2,1-2H3. The average molecular weight is 245 g/mol. The highest BCUT2D eigenvalue weighted by molar-refractivity contribution is 5.57. The van der Waals surface area contributed by atoms with Gasteiger partial charge in [0.05, 0.1) is 13.2 Å². The van der Waals surface area contributed by atoms with Gasteiger partial charge in [-0.15, -0.1) is 0 Å². The van der Waals surface area contributed by atoms with Crippen LogP contribution in [0.25, 0.3) is 11.3 Å². The molecular formula is C15H19NO2. The van der Waals surface area contributed by atoms with Crippen LogP contribution in [-0.2, 0) is 17.9 Å². The summed E-state index contributed by atoms with van der Waals surface area (Å²) in [6.45, 7) is 4.45. The Morgan fingerprint density at radius 3 is 2.56 bits per heavy atom. The van der Waals surface area contributed by atoms with Gasteiger partial charge in [-0.25, -0.2) is 0 Å². The fraction of sp³-hybridized carbons (Fsp3) is 0.333. The first-order valence-corrected chi connectivity index (χ1v) is 6.21. The smallest absolute Gasteiger partial charge is 0.134 e. The molecule has 0 saturated carbocycles. The van der Waals surface area contributed by atoms with Gasteiger partial charge in [-0.05, 0) is 24.2 Å². The zero-order valence-electron chi connectivity index (χ0n) is 10.9. The molecule has 0 fully saturated rings. The lowest BCUT2D eigenvalue weighted by molar-refractivity contribution is 0.185. The predicted octanol–water partition coefficient (Wildman–Crippen LogP) is 3.20. The summed E-state index contributed by atoms with van der Waals surface area (Å²) in [6.07, 6.45) is 0. The number of benzene rings is 1. The minimum atomic E-state index is 0.643. The molecule has 0 radical (unpaired) electrons. The summed E-state index contributed by atoms with van der Waals surface area (Å²) < 4.78 is 10.9. The molecule has 0 amide bonds. The summed E-state index contributed by atoms with van der Waals surface area (Å²) in [5, 5.41) is 3.24. The number of methoxy groups -OCH3 is 1. The number of hydrogen-bond donors (Lipinski definition) is 1. The fourth-order valence-corrected chi connectivity index (χ4v) is 1.81. The Morgan fingerprint density at radius 1 is 1.11 bits per heavy atom. The molecule has 0 spiro atoms. The van der Waals surface area contributed by atoms with Crippen molar-refractivity contribution < 1.29 is 9.15 Å². The molecule has 3 nitrogen and oxygen atoms in total. The molecule has 1 N–H and O–H groups in total. The molecule has 1 aromatic heterocycles. The van der Waals surface area contributed by atoms with Crippen LogP contribution < -0.4 is 5.32 Å². The highest BCUT2D eigenvalue weighted by Gasteiger charge is 2.04. The van der Waals surface area contributed by atoms with Crippen LogP contribution in [0.3, 0.4) is 0 Å². The molecule has 0 aliphatic rings. The monoisotopic (exact) mass is 245 g/mol. The lowest BCUT2D eigenvalue weighted by Gasteiger charge is -2.01. The molecule has 0 bridgehead atoms. The average Bonchev–Trinajstić information content (AvgIpc) is 2.86. The Morgan fingerprint density at radius 2 is 1.89 bits per heavy atom. The van der Waals surface area contributed by atoms with E-state index in [0.717, 1.165) is 30.2 Å². The molecule has 1 aromatic carbocycles. The van der Waals surface area contributed by atoms with Crippen molar-refractivity contribution in [3.8, 4) is 11.3 Å². The molecule has 0 atom stereocenters. The van der Waals surface area contributed by atoms with Gasteiger partial charge in [0.2, 0.25) is 0 Å². The molecule has 2 aromatic rings. The van der Waals surface area contributed by atoms with Gasteiger partial charge in [0.25, 0.3) is 0 Å². The third kappa shape index (κ3) is 3.22. The highest BCUT2D eigenvalue weighted by atomic mass is 16.5. The predicted molar refractivity (Wildman–Crippen MR) is 72.2 cm³/mol. The second-order valence-corrected chi connectivity index (χ2v) is 4.18. The first-order chi connectivity index (χ1) is 8.83. The lowest BCUT2D eigenvalue weighted by atomic mass is 10.1. The van der Waals surface area contributed by atoms with Gasteiger partial charge in [-0.1, -0.05) is 31.2 Å². The quantitative estimate of drug-likeness (QED) is 0.848. The van der Waals surface area contributed by atoms with Gasteiger partial charge in [-0.3, -0.25) is 0 Å². The molecule has 0 aliphatic carbocycles. The SMILES string of the molecule is CCNCc1ccc(-c2ccc(COC)cc2)o1. The molecule has 96 valence electrons. The first-order valence-electron chi connectivity index (χ1n) is 6.21. The van der Waals surface area contributed by atoms with Crippen molar-refractivity contribution in [3.63, 3.8) is 0 Å². The van der Waals surface area contributed by atoms with Crippen molar-refractivity contribution in [2.24, 2.45) is 0 Å². The van der Waals surface area contributed by atoms with Crippen LogP contribution in [0.1, 0.15) is 18.2 Å². The second kappa shape index (κ2) is 6.38. The van der Waals surface area contributed by atoms with Crippen LogP contribution in [0.5, 0.6) is 0 Å². The summed E-state index contributed by atoms with van der Waals surface area (Å²) in [7, 11) is 1.70. The summed E-state index contributed by atoms with van der Waals surface area (Å²) in [4.78, 5) is 0. The Kier molecular flexibility index (Phi) is 4.56. The van der Waals surface area contributed by atoms with Crippen LogP contribution in [0.15, 0.2) is 40.8 Å². The van der Waals surface area contributed by atoms with Gasteiger partial charge in [-0.2, -0.15) is 0 Å². The Hall–Kier alpha value is -1.58. The maximum Gasteiger partial charge on any atom is 0.134 e. The van der Waals surface area contributed by atoms with E-state index in [9.17, 15) is 0 Å². The fourth-order valence-electron chi connectivity index (χ4n) is 1.81. The zero-order valence-corrected chi connectivity index (χ0v) is 10.9. The Bertz CT molecular complexity index is 473. The summed E-state index contributed by atoms with van der Waals surface area (Å²) in [5.41, 5.74) is 2.26. The Labute approximate surface area is 108 Å². The van der Waals surface area contributed by atoms with E-state index in [1.807, 2.05) is 12.1 Å². The van der Waals surface area contributed by atoms with E-state index in [1.165, 1.54) is 5.56 Å². The molecule has 0 aliphatic heterocycles. The third-order valence-electron chi connectivity index (χ3n) is 2.76. The summed E-state index contributed by atoms with van der Waals surface area (Å²) >= 11 is 0. The topological polar surface area (TPSA) is 34.4 Å². The van der Waals surface area contributed by atoms with Gasteiger partial charge in [0.15, 0.2) is 0 Å². The first kappa shape index (κ1) is 12.9. The van der Waals surface area contributed by atoms with E-state index in [1.54, 1.807) is 7.11 Å². The van der Waals surface area contributed by atoms with Gasteiger partial charge >= 0.3 is 0 Å². The summed E-state index contributed by atoms with van der Waals surface area (Å²) in [5.74, 6) is 1.87. The van der Waals surface area contributed by atoms with Crippen molar-refractivity contribution in [1.82, 2.24) is 5.32 Å². The number of nitrogens with one attached hydrogen (secondary N) is 1.